The second kappa shape index (κ2) is 3.75. The van der Waals surface area contributed by atoms with E-state index in [0.717, 1.165) is 10.2 Å². The van der Waals surface area contributed by atoms with E-state index in [1.165, 1.54) is 0 Å². The molecule has 1 aromatic carbocycles. The van der Waals surface area contributed by atoms with Gasteiger partial charge in [0.2, 0.25) is 0 Å². The highest BCUT2D eigenvalue weighted by molar-refractivity contribution is 9.10. The van der Waals surface area contributed by atoms with E-state index in [1.807, 2.05) is 6.07 Å². The first kappa shape index (κ1) is 9.74. The molecule has 74 valence electrons. The van der Waals surface area contributed by atoms with Crippen molar-refractivity contribution >= 4 is 21.6 Å². The van der Waals surface area contributed by atoms with Crippen molar-refractivity contribution in [2.75, 3.05) is 5.73 Å². The van der Waals surface area contributed by atoms with Crippen LogP contribution in [0.25, 0.3) is 5.69 Å². The summed E-state index contributed by atoms with van der Waals surface area (Å²) in [4.78, 5) is 0. The van der Waals surface area contributed by atoms with Crippen LogP contribution in [0.1, 0.15) is 5.56 Å². The van der Waals surface area contributed by atoms with Gasteiger partial charge in [-0.25, -0.2) is 4.68 Å². The van der Waals surface area contributed by atoms with Crippen LogP contribution in [0.3, 0.4) is 0 Å². The molecule has 4 nitrogen and oxygen atoms in total. The molecule has 0 aliphatic rings. The van der Waals surface area contributed by atoms with Gasteiger partial charge in [-0.05, 0) is 34.1 Å². The zero-order valence-corrected chi connectivity index (χ0v) is 9.27. The van der Waals surface area contributed by atoms with Crippen LogP contribution in [0.2, 0.25) is 0 Å². The lowest BCUT2D eigenvalue weighted by Crippen LogP contribution is -1.95. The molecule has 0 spiro atoms. The van der Waals surface area contributed by atoms with Gasteiger partial charge in [0.15, 0.2) is 0 Å². The lowest BCUT2D eigenvalue weighted by Gasteiger charge is -2.03. The average Bonchev–Trinajstić information content (AvgIpc) is 2.64. The van der Waals surface area contributed by atoms with Gasteiger partial charge < -0.3 is 5.73 Å². The fraction of sp³-hybridized carbons (Fsp3) is 0. The minimum absolute atomic E-state index is 0.603. The summed E-state index contributed by atoms with van der Waals surface area (Å²) in [5.74, 6) is 0. The molecular formula is C10H7BrN4. The van der Waals surface area contributed by atoms with E-state index in [0.29, 0.717) is 11.3 Å². The van der Waals surface area contributed by atoms with Gasteiger partial charge in [0.25, 0.3) is 0 Å². The molecule has 0 bridgehead atoms. The molecule has 0 aliphatic heterocycles. The number of hydrogen-bond acceptors (Lipinski definition) is 3. The normalized spacial score (nSPS) is 9.87. The van der Waals surface area contributed by atoms with Crippen LogP contribution in [-0.4, -0.2) is 9.78 Å². The van der Waals surface area contributed by atoms with Crippen molar-refractivity contribution in [3.05, 3.63) is 40.6 Å². The third-order valence-corrected chi connectivity index (χ3v) is 2.56. The Hall–Kier alpha value is -1.80. The lowest BCUT2D eigenvalue weighted by atomic mass is 10.2. The molecule has 0 unspecified atom stereocenters. The summed E-state index contributed by atoms with van der Waals surface area (Å²) in [6.07, 6.45) is 3.29. The van der Waals surface area contributed by atoms with Gasteiger partial charge in [0.1, 0.15) is 0 Å². The fourth-order valence-electron chi connectivity index (χ4n) is 1.23. The Bertz CT molecular complexity index is 539. The number of nitrogen functional groups attached to an aromatic ring is 1. The SMILES string of the molecule is N#Cc1ccc(-n2cc(N)cn2)c(Br)c1. The minimum atomic E-state index is 0.603. The first-order chi connectivity index (χ1) is 7.20. The number of anilines is 1. The molecule has 1 heterocycles. The van der Waals surface area contributed by atoms with Gasteiger partial charge >= 0.3 is 0 Å². The van der Waals surface area contributed by atoms with Crippen LogP contribution in [0.15, 0.2) is 35.1 Å². The van der Waals surface area contributed by atoms with E-state index >= 15 is 0 Å². The van der Waals surface area contributed by atoms with Gasteiger partial charge in [0, 0.05) is 4.47 Å². The molecular weight excluding hydrogens is 256 g/mol. The molecule has 0 amide bonds. The van der Waals surface area contributed by atoms with E-state index in [4.69, 9.17) is 11.0 Å². The second-order valence-corrected chi connectivity index (χ2v) is 3.85. The van der Waals surface area contributed by atoms with Gasteiger partial charge in [-0.3, -0.25) is 0 Å². The summed E-state index contributed by atoms with van der Waals surface area (Å²) >= 11 is 3.38. The topological polar surface area (TPSA) is 67.6 Å². The molecule has 15 heavy (non-hydrogen) atoms. The van der Waals surface area contributed by atoms with Crippen molar-refractivity contribution in [2.45, 2.75) is 0 Å². The maximum atomic E-state index is 8.71. The van der Waals surface area contributed by atoms with Crippen LogP contribution in [0.5, 0.6) is 0 Å². The molecule has 2 N–H and O–H groups in total. The van der Waals surface area contributed by atoms with E-state index in [2.05, 4.69) is 27.1 Å². The largest absolute Gasteiger partial charge is 0.396 e. The second-order valence-electron chi connectivity index (χ2n) is 3.00. The quantitative estimate of drug-likeness (QED) is 0.856. The molecule has 0 saturated carbocycles. The molecule has 1 aromatic heterocycles. The maximum absolute atomic E-state index is 8.71. The van der Waals surface area contributed by atoms with E-state index < -0.39 is 0 Å². The standard InChI is InChI=1S/C10H7BrN4/c11-9-3-7(4-12)1-2-10(9)15-6-8(13)5-14-15/h1-3,5-6H,13H2. The lowest BCUT2D eigenvalue weighted by molar-refractivity contribution is 0.876. The first-order valence-corrected chi connectivity index (χ1v) is 5.00. The summed E-state index contributed by atoms with van der Waals surface area (Å²) in [6, 6.07) is 7.36. The third kappa shape index (κ3) is 1.85. The summed E-state index contributed by atoms with van der Waals surface area (Å²) in [5.41, 5.74) is 7.63. The molecule has 0 aliphatic carbocycles. The Morgan fingerprint density at radius 2 is 2.27 bits per heavy atom. The first-order valence-electron chi connectivity index (χ1n) is 4.21. The smallest absolute Gasteiger partial charge is 0.0992 e. The molecule has 0 atom stereocenters. The highest BCUT2D eigenvalue weighted by atomic mass is 79.9. The maximum Gasteiger partial charge on any atom is 0.0992 e. The Kier molecular flexibility index (Phi) is 2.44. The molecule has 5 heteroatoms. The molecule has 2 rings (SSSR count). The van der Waals surface area contributed by atoms with E-state index in [1.54, 1.807) is 29.2 Å². The number of nitrogens with two attached hydrogens (primary N) is 1. The van der Waals surface area contributed by atoms with Crippen LogP contribution < -0.4 is 5.73 Å². The zero-order chi connectivity index (χ0) is 10.8. The number of nitrogens with zero attached hydrogens (tertiary/aromatic N) is 3. The fourth-order valence-corrected chi connectivity index (χ4v) is 1.79. The third-order valence-electron chi connectivity index (χ3n) is 1.93. The van der Waals surface area contributed by atoms with Crippen LogP contribution in [0.4, 0.5) is 5.69 Å². The number of hydrogen-bond donors (Lipinski definition) is 1. The highest BCUT2D eigenvalue weighted by Gasteiger charge is 2.04. The molecule has 0 radical (unpaired) electrons. The van der Waals surface area contributed by atoms with Crippen molar-refractivity contribution in [3.8, 4) is 11.8 Å². The number of aromatic nitrogens is 2. The zero-order valence-electron chi connectivity index (χ0n) is 7.68. The van der Waals surface area contributed by atoms with Gasteiger partial charge in [-0.15, -0.1) is 0 Å². The summed E-state index contributed by atoms with van der Waals surface area (Å²) in [7, 11) is 0. The predicted molar refractivity (Wildman–Crippen MR) is 60.4 cm³/mol. The Labute approximate surface area is 95.1 Å². The van der Waals surface area contributed by atoms with E-state index in [9.17, 15) is 0 Å². The van der Waals surface area contributed by atoms with Crippen molar-refractivity contribution in [2.24, 2.45) is 0 Å². The van der Waals surface area contributed by atoms with Crippen LogP contribution >= 0.6 is 15.9 Å². The van der Waals surface area contributed by atoms with Crippen LogP contribution in [-0.2, 0) is 0 Å². The van der Waals surface area contributed by atoms with E-state index in [-0.39, 0.29) is 0 Å². The van der Waals surface area contributed by atoms with Gasteiger partial charge in [-0.1, -0.05) is 0 Å². The number of halogens is 1. The molecule has 0 fully saturated rings. The Morgan fingerprint density at radius 1 is 1.47 bits per heavy atom. The average molecular weight is 263 g/mol. The molecule has 2 aromatic rings. The number of nitriles is 1. The van der Waals surface area contributed by atoms with Crippen molar-refractivity contribution < 1.29 is 0 Å². The van der Waals surface area contributed by atoms with Gasteiger partial charge in [0.05, 0.1) is 35.4 Å². The monoisotopic (exact) mass is 262 g/mol. The summed E-state index contributed by atoms with van der Waals surface area (Å²) < 4.78 is 2.46. The Balaban J connectivity index is 2.51. The predicted octanol–water partition coefficient (Wildman–Crippen LogP) is 2.09. The van der Waals surface area contributed by atoms with Gasteiger partial charge in [-0.2, -0.15) is 10.4 Å². The minimum Gasteiger partial charge on any atom is -0.396 e. The highest BCUT2D eigenvalue weighted by Crippen LogP contribution is 2.22. The van der Waals surface area contributed by atoms with Crippen molar-refractivity contribution in [3.63, 3.8) is 0 Å². The molecule has 0 saturated heterocycles. The van der Waals surface area contributed by atoms with Crippen LogP contribution in [0, 0.1) is 11.3 Å². The number of benzene rings is 1. The summed E-state index contributed by atoms with van der Waals surface area (Å²) in [5, 5.41) is 12.8. The summed E-state index contributed by atoms with van der Waals surface area (Å²) in [6.45, 7) is 0. The van der Waals surface area contributed by atoms with Crippen molar-refractivity contribution in [1.82, 2.24) is 9.78 Å². The number of rotatable bonds is 1. The Morgan fingerprint density at radius 3 is 2.80 bits per heavy atom. The van der Waals surface area contributed by atoms with Crippen molar-refractivity contribution in [1.29, 1.82) is 5.26 Å².